The Hall–Kier alpha value is -1.84. The molecule has 4 heteroatoms. The maximum Gasteiger partial charge on any atom is 0.250 e. The van der Waals surface area contributed by atoms with E-state index in [0.29, 0.717) is 34.9 Å². The summed E-state index contributed by atoms with van der Waals surface area (Å²) >= 11 is 0. The monoisotopic (exact) mass is 338 g/mol. The molecule has 0 radical (unpaired) electrons. The first-order valence-electron chi connectivity index (χ1n) is 9.56. The molecule has 0 unspecified atom stereocenters. The summed E-state index contributed by atoms with van der Waals surface area (Å²) in [4.78, 5) is 27.2. The number of likely N-dealkylation sites (tertiary alicyclic amines) is 1. The predicted molar refractivity (Wildman–Crippen MR) is 96.2 cm³/mol. The van der Waals surface area contributed by atoms with Gasteiger partial charge in [0.1, 0.15) is 0 Å². The van der Waals surface area contributed by atoms with Crippen LogP contribution in [0.1, 0.15) is 45.2 Å². The van der Waals surface area contributed by atoms with Gasteiger partial charge < -0.3 is 9.47 Å². The number of piperidine rings is 1. The summed E-state index contributed by atoms with van der Waals surface area (Å²) in [6, 6.07) is 5.66. The molecule has 0 N–H and O–H groups in total. The highest BCUT2D eigenvalue weighted by atomic mass is 16.1. The van der Waals surface area contributed by atoms with Gasteiger partial charge in [-0.2, -0.15) is 0 Å². The van der Waals surface area contributed by atoms with Crippen molar-refractivity contribution in [3.8, 4) is 0 Å². The minimum Gasteiger partial charge on any atom is -0.374 e. The van der Waals surface area contributed by atoms with Crippen molar-refractivity contribution >= 4 is 5.78 Å². The van der Waals surface area contributed by atoms with Gasteiger partial charge in [-0.1, -0.05) is 19.9 Å². The lowest BCUT2D eigenvalue weighted by atomic mass is 9.82. The highest BCUT2D eigenvalue weighted by Gasteiger charge is 2.65. The second kappa shape index (κ2) is 4.87. The number of hydrogen-bond acceptors (Lipinski definition) is 3. The summed E-state index contributed by atoms with van der Waals surface area (Å²) in [5, 5.41) is 0. The fraction of sp³-hybridized carbons (Fsp3) is 0.619. The van der Waals surface area contributed by atoms with Crippen molar-refractivity contribution < 1.29 is 4.79 Å². The number of ketones is 1. The van der Waals surface area contributed by atoms with Crippen LogP contribution in [0.2, 0.25) is 0 Å². The average molecular weight is 338 g/mol. The van der Waals surface area contributed by atoms with Crippen LogP contribution in [0.25, 0.3) is 0 Å². The van der Waals surface area contributed by atoms with E-state index in [4.69, 9.17) is 0 Å². The van der Waals surface area contributed by atoms with Crippen molar-refractivity contribution in [3.63, 3.8) is 0 Å². The van der Waals surface area contributed by atoms with Gasteiger partial charge in [0, 0.05) is 55.0 Å². The number of allylic oxidation sites excluding steroid dienone is 2. The number of fused-ring (bicyclic) bond motifs is 5. The van der Waals surface area contributed by atoms with E-state index in [1.165, 1.54) is 11.4 Å². The largest absolute Gasteiger partial charge is 0.374 e. The van der Waals surface area contributed by atoms with E-state index in [1.807, 2.05) is 10.6 Å². The highest BCUT2D eigenvalue weighted by Crippen LogP contribution is 2.68. The van der Waals surface area contributed by atoms with E-state index in [9.17, 15) is 9.59 Å². The van der Waals surface area contributed by atoms with Gasteiger partial charge in [-0.3, -0.25) is 9.59 Å². The van der Waals surface area contributed by atoms with Crippen LogP contribution in [0.15, 0.2) is 34.3 Å². The standard InChI is InChI=1S/C21H26N2O2/c1-12(19-17(24)8-15-20(19)21(15,2)3)22-9-13-7-14(11-22)16-5-4-6-18(25)23(16)10-13/h4-6,13-15,20H,7-11H2,1-3H3/b19-12-/t13-,14+,15+,20+/m0/s1. The lowest BCUT2D eigenvalue weighted by molar-refractivity contribution is -0.115. The van der Waals surface area contributed by atoms with Crippen LogP contribution in [-0.2, 0) is 11.3 Å². The van der Waals surface area contributed by atoms with Gasteiger partial charge in [0.25, 0.3) is 5.56 Å². The molecule has 3 heterocycles. The van der Waals surface area contributed by atoms with Crippen molar-refractivity contribution in [2.75, 3.05) is 13.1 Å². The predicted octanol–water partition coefficient (Wildman–Crippen LogP) is 2.79. The van der Waals surface area contributed by atoms with Gasteiger partial charge in [-0.25, -0.2) is 0 Å². The van der Waals surface area contributed by atoms with Crippen LogP contribution in [0.5, 0.6) is 0 Å². The molecule has 0 aromatic carbocycles. The summed E-state index contributed by atoms with van der Waals surface area (Å²) in [7, 11) is 0. The smallest absolute Gasteiger partial charge is 0.250 e. The number of pyridine rings is 1. The molecule has 4 atom stereocenters. The number of Topliss-reactive ketones (excluding diaryl/α,β-unsaturated/α-hetero) is 1. The zero-order valence-electron chi connectivity index (χ0n) is 15.3. The van der Waals surface area contributed by atoms with E-state index < -0.39 is 0 Å². The number of carbonyl (C=O) groups excluding carboxylic acids is 1. The molecule has 3 fully saturated rings. The molecule has 0 amide bonds. The third kappa shape index (κ3) is 2.06. The first kappa shape index (κ1) is 15.4. The summed E-state index contributed by atoms with van der Waals surface area (Å²) < 4.78 is 1.97. The average Bonchev–Trinajstić information content (AvgIpc) is 2.90. The van der Waals surface area contributed by atoms with E-state index in [2.05, 4.69) is 31.7 Å². The summed E-state index contributed by atoms with van der Waals surface area (Å²) in [5.74, 6) is 2.31. The molecule has 2 bridgehead atoms. The van der Waals surface area contributed by atoms with E-state index >= 15 is 0 Å². The van der Waals surface area contributed by atoms with Crippen molar-refractivity contribution in [2.45, 2.75) is 46.1 Å². The molecule has 4 nitrogen and oxygen atoms in total. The molecule has 4 aliphatic rings. The Bertz CT molecular complexity index is 863. The molecule has 2 aliphatic carbocycles. The molecule has 1 aromatic heterocycles. The fourth-order valence-corrected chi connectivity index (χ4v) is 5.95. The summed E-state index contributed by atoms with van der Waals surface area (Å²) in [6.07, 6.45) is 1.90. The Morgan fingerprint density at radius 2 is 1.96 bits per heavy atom. The molecule has 1 aromatic rings. The summed E-state index contributed by atoms with van der Waals surface area (Å²) in [6.45, 7) is 9.47. The van der Waals surface area contributed by atoms with Crippen molar-refractivity contribution in [1.82, 2.24) is 9.47 Å². The van der Waals surface area contributed by atoms with Gasteiger partial charge in [-0.15, -0.1) is 0 Å². The Labute approximate surface area is 148 Å². The van der Waals surface area contributed by atoms with Crippen LogP contribution in [0.4, 0.5) is 0 Å². The molecule has 1 saturated heterocycles. The molecule has 0 spiro atoms. The van der Waals surface area contributed by atoms with Crippen molar-refractivity contribution in [2.24, 2.45) is 23.2 Å². The number of hydrogen-bond donors (Lipinski definition) is 0. The number of carbonyl (C=O) groups is 1. The third-order valence-corrected chi connectivity index (χ3v) is 7.41. The van der Waals surface area contributed by atoms with Crippen molar-refractivity contribution in [1.29, 1.82) is 0 Å². The maximum atomic E-state index is 12.5. The lowest BCUT2D eigenvalue weighted by Crippen LogP contribution is -2.46. The van der Waals surface area contributed by atoms with Crippen molar-refractivity contribution in [3.05, 3.63) is 45.5 Å². The number of aromatic nitrogens is 1. The Morgan fingerprint density at radius 3 is 2.72 bits per heavy atom. The van der Waals surface area contributed by atoms with Crippen LogP contribution >= 0.6 is 0 Å². The molecule has 2 aliphatic heterocycles. The second-order valence-corrected chi connectivity index (χ2v) is 9.14. The van der Waals surface area contributed by atoms with Gasteiger partial charge in [-0.05, 0) is 42.6 Å². The molecule has 2 saturated carbocycles. The highest BCUT2D eigenvalue weighted by molar-refractivity contribution is 6.01. The van der Waals surface area contributed by atoms with Gasteiger partial charge >= 0.3 is 0 Å². The van der Waals surface area contributed by atoms with Crippen LogP contribution in [-0.4, -0.2) is 28.3 Å². The molecule has 5 rings (SSSR count). The van der Waals surface area contributed by atoms with E-state index in [1.54, 1.807) is 6.07 Å². The topological polar surface area (TPSA) is 42.3 Å². The van der Waals surface area contributed by atoms with Gasteiger partial charge in [0.15, 0.2) is 5.78 Å². The SMILES string of the molecule is C/C(=C1\C(=O)C[C@@H]2[C@H]1C2(C)C)N1C[C@@H]2C[C@H](C1)c1cccc(=O)n1C2. The third-order valence-electron chi connectivity index (χ3n) is 7.41. The lowest BCUT2D eigenvalue weighted by Gasteiger charge is -2.44. The molecular formula is C21H26N2O2. The quantitative estimate of drug-likeness (QED) is 0.740. The fourth-order valence-electron chi connectivity index (χ4n) is 5.95. The van der Waals surface area contributed by atoms with Crippen LogP contribution < -0.4 is 5.56 Å². The minimum atomic E-state index is 0.129. The van der Waals surface area contributed by atoms with Crippen LogP contribution in [0, 0.1) is 23.2 Å². The molecular weight excluding hydrogens is 312 g/mol. The van der Waals surface area contributed by atoms with E-state index in [0.717, 1.165) is 38.0 Å². The first-order chi connectivity index (χ1) is 11.9. The van der Waals surface area contributed by atoms with Crippen LogP contribution in [0.3, 0.4) is 0 Å². The van der Waals surface area contributed by atoms with Gasteiger partial charge in [0.2, 0.25) is 0 Å². The zero-order chi connectivity index (χ0) is 17.5. The zero-order valence-corrected chi connectivity index (χ0v) is 15.3. The number of rotatable bonds is 1. The Morgan fingerprint density at radius 1 is 1.16 bits per heavy atom. The Balaban J connectivity index is 1.49. The second-order valence-electron chi connectivity index (χ2n) is 9.14. The van der Waals surface area contributed by atoms with Gasteiger partial charge in [0.05, 0.1) is 0 Å². The number of nitrogens with zero attached hydrogens (tertiary/aromatic N) is 2. The molecule has 25 heavy (non-hydrogen) atoms. The summed E-state index contributed by atoms with van der Waals surface area (Å²) in [5.41, 5.74) is 3.93. The Kier molecular flexibility index (Phi) is 3.00. The normalized spacial score (nSPS) is 36.8. The maximum absolute atomic E-state index is 12.5. The molecule has 132 valence electrons. The minimum absolute atomic E-state index is 0.129. The van der Waals surface area contributed by atoms with E-state index in [-0.39, 0.29) is 5.56 Å². The first-order valence-corrected chi connectivity index (χ1v) is 9.56.